The smallest absolute Gasteiger partial charge is 0.264 e. The molecule has 1 saturated carbocycles. The van der Waals surface area contributed by atoms with Crippen molar-refractivity contribution >= 4 is 23.4 Å². The number of imide groups is 1. The molecule has 3 aliphatic heterocycles. The third kappa shape index (κ3) is 4.96. The fraction of sp³-hybridized carbons (Fsp3) is 0.433. The summed E-state index contributed by atoms with van der Waals surface area (Å²) in [6, 6.07) is 10.1. The first-order valence-corrected chi connectivity index (χ1v) is 13.7. The fourth-order valence-electron chi connectivity index (χ4n) is 6.24. The quantitative estimate of drug-likeness (QED) is 0.531. The van der Waals surface area contributed by atoms with Gasteiger partial charge in [0.15, 0.2) is 0 Å². The van der Waals surface area contributed by atoms with Gasteiger partial charge in [-0.2, -0.15) is 0 Å². The van der Waals surface area contributed by atoms with E-state index >= 15 is 4.39 Å². The van der Waals surface area contributed by atoms with Gasteiger partial charge in [-0.1, -0.05) is 24.8 Å². The first-order valence-electron chi connectivity index (χ1n) is 13.7. The highest BCUT2D eigenvalue weighted by Crippen LogP contribution is 2.36. The number of hydrogen-bond acceptors (Lipinski definition) is 6. The maximum Gasteiger partial charge on any atom is 0.264 e. The van der Waals surface area contributed by atoms with Crippen LogP contribution in [0.5, 0.6) is 0 Å². The van der Waals surface area contributed by atoms with E-state index in [1.54, 1.807) is 30.3 Å². The molecule has 39 heavy (non-hydrogen) atoms. The number of nitrogens with one attached hydrogen (secondary N) is 2. The lowest BCUT2D eigenvalue weighted by molar-refractivity contribution is -0.125. The summed E-state index contributed by atoms with van der Waals surface area (Å²) in [5.74, 6) is -1.13. The molecule has 6 rings (SSSR count). The number of halogens is 1. The van der Waals surface area contributed by atoms with Crippen molar-refractivity contribution in [1.29, 1.82) is 0 Å². The number of benzene rings is 2. The van der Waals surface area contributed by atoms with Crippen molar-refractivity contribution < 1.29 is 23.5 Å². The molecule has 0 unspecified atom stereocenters. The number of nitrogens with zero attached hydrogens (tertiary/aromatic N) is 2. The van der Waals surface area contributed by atoms with Gasteiger partial charge in [0.25, 0.3) is 11.8 Å². The van der Waals surface area contributed by atoms with E-state index in [4.69, 9.17) is 4.74 Å². The monoisotopic (exact) mass is 532 g/mol. The predicted molar refractivity (Wildman–Crippen MR) is 144 cm³/mol. The number of ether oxygens (including phenoxy) is 1. The van der Waals surface area contributed by atoms with Crippen LogP contribution in [0.1, 0.15) is 57.5 Å². The molecule has 1 aliphatic carbocycles. The summed E-state index contributed by atoms with van der Waals surface area (Å²) in [5, 5.41) is 5.79. The number of morpholine rings is 1. The zero-order valence-corrected chi connectivity index (χ0v) is 21.9. The number of carbonyl (C=O) groups excluding carboxylic acids is 3. The van der Waals surface area contributed by atoms with Gasteiger partial charge in [0.05, 0.1) is 24.3 Å². The molecule has 2 aromatic carbocycles. The summed E-state index contributed by atoms with van der Waals surface area (Å²) in [6.07, 6.45) is 3.99. The average Bonchev–Trinajstić information content (AvgIpc) is 3.16. The number of fused-ring (bicyclic) bond motifs is 1. The topological polar surface area (TPSA) is 91.0 Å². The van der Waals surface area contributed by atoms with Crippen molar-refractivity contribution in [3.05, 3.63) is 76.7 Å². The van der Waals surface area contributed by atoms with Crippen LogP contribution in [0.4, 0.5) is 10.1 Å². The van der Waals surface area contributed by atoms with E-state index < -0.39 is 23.8 Å². The largest absolute Gasteiger partial charge is 0.380 e. The Hall–Kier alpha value is -3.56. The Morgan fingerprint density at radius 2 is 1.87 bits per heavy atom. The van der Waals surface area contributed by atoms with Gasteiger partial charge in [-0.3, -0.25) is 24.2 Å². The van der Waals surface area contributed by atoms with Crippen molar-refractivity contribution in [2.75, 3.05) is 31.6 Å². The van der Waals surface area contributed by atoms with Gasteiger partial charge in [-0.25, -0.2) is 4.39 Å². The van der Waals surface area contributed by atoms with Crippen LogP contribution in [0.2, 0.25) is 0 Å². The molecular formula is C30H33FN4O4. The molecule has 8 nitrogen and oxygen atoms in total. The lowest BCUT2D eigenvalue weighted by Crippen LogP contribution is -2.51. The lowest BCUT2D eigenvalue weighted by Gasteiger charge is -2.44. The van der Waals surface area contributed by atoms with Crippen molar-refractivity contribution in [2.24, 2.45) is 5.92 Å². The van der Waals surface area contributed by atoms with Gasteiger partial charge in [-0.05, 0) is 61.8 Å². The summed E-state index contributed by atoms with van der Waals surface area (Å²) in [7, 11) is 0. The number of rotatable bonds is 7. The minimum absolute atomic E-state index is 0.163. The molecule has 2 aromatic rings. The molecule has 2 saturated heterocycles. The highest BCUT2D eigenvalue weighted by Gasteiger charge is 2.45. The summed E-state index contributed by atoms with van der Waals surface area (Å²) >= 11 is 0. The maximum absolute atomic E-state index is 15.0. The van der Waals surface area contributed by atoms with E-state index in [1.807, 2.05) is 6.07 Å². The molecular weight excluding hydrogens is 499 g/mol. The first-order chi connectivity index (χ1) is 18.9. The van der Waals surface area contributed by atoms with E-state index in [0.29, 0.717) is 41.7 Å². The second-order valence-electron chi connectivity index (χ2n) is 11.0. The molecule has 4 aliphatic rings. The molecule has 1 atom stereocenters. The van der Waals surface area contributed by atoms with Crippen LogP contribution in [0.25, 0.3) is 0 Å². The van der Waals surface area contributed by atoms with Crippen LogP contribution >= 0.6 is 0 Å². The van der Waals surface area contributed by atoms with Crippen LogP contribution in [0.3, 0.4) is 0 Å². The number of piperidine rings is 1. The normalized spacial score (nSPS) is 25.4. The van der Waals surface area contributed by atoms with E-state index in [0.717, 1.165) is 56.0 Å². The van der Waals surface area contributed by atoms with Gasteiger partial charge in [0, 0.05) is 42.6 Å². The van der Waals surface area contributed by atoms with Gasteiger partial charge >= 0.3 is 0 Å². The molecule has 204 valence electrons. The third-order valence-corrected chi connectivity index (χ3v) is 8.46. The molecule has 0 spiro atoms. The van der Waals surface area contributed by atoms with Crippen molar-refractivity contribution in [3.63, 3.8) is 0 Å². The number of hydrogen-bond donors (Lipinski definition) is 2. The van der Waals surface area contributed by atoms with Crippen LogP contribution in [-0.2, 0) is 22.5 Å². The highest BCUT2D eigenvalue weighted by atomic mass is 19.1. The molecule has 0 aromatic heterocycles. The second kappa shape index (κ2) is 10.5. The second-order valence-corrected chi connectivity index (χ2v) is 11.0. The van der Waals surface area contributed by atoms with E-state index in [1.165, 1.54) is 0 Å². The molecule has 3 heterocycles. The Balaban J connectivity index is 1.09. The molecule has 0 bridgehead atoms. The van der Waals surface area contributed by atoms with Crippen LogP contribution < -0.4 is 10.6 Å². The van der Waals surface area contributed by atoms with Crippen molar-refractivity contribution in [2.45, 2.75) is 50.7 Å². The molecule has 3 amide bonds. The van der Waals surface area contributed by atoms with E-state index in [2.05, 4.69) is 22.1 Å². The zero-order valence-electron chi connectivity index (χ0n) is 21.9. The van der Waals surface area contributed by atoms with Crippen LogP contribution in [0.15, 0.2) is 48.7 Å². The molecule has 2 N–H and O–H groups in total. The lowest BCUT2D eigenvalue weighted by atomic mass is 9.75. The third-order valence-electron chi connectivity index (χ3n) is 8.46. The highest BCUT2D eigenvalue weighted by molar-refractivity contribution is 6.25. The van der Waals surface area contributed by atoms with Gasteiger partial charge in [0.2, 0.25) is 5.91 Å². The Morgan fingerprint density at radius 3 is 2.62 bits per heavy atom. The minimum atomic E-state index is -0.874. The average molecular weight is 533 g/mol. The van der Waals surface area contributed by atoms with Gasteiger partial charge in [0.1, 0.15) is 11.9 Å². The Morgan fingerprint density at radius 1 is 1.08 bits per heavy atom. The van der Waals surface area contributed by atoms with Crippen LogP contribution in [0, 0.1) is 11.7 Å². The molecule has 9 heteroatoms. The zero-order chi connectivity index (χ0) is 27.1. The fourth-order valence-corrected chi connectivity index (χ4v) is 6.24. The first kappa shape index (κ1) is 25.7. The number of carbonyl (C=O) groups is 3. The Labute approximate surface area is 227 Å². The number of amides is 3. The Kier molecular flexibility index (Phi) is 6.95. The van der Waals surface area contributed by atoms with Gasteiger partial charge in [-0.15, -0.1) is 0 Å². The summed E-state index contributed by atoms with van der Waals surface area (Å²) in [5.41, 5.74) is 2.96. The minimum Gasteiger partial charge on any atom is -0.380 e. The van der Waals surface area contributed by atoms with Gasteiger partial charge < -0.3 is 15.4 Å². The Bertz CT molecular complexity index is 1330. The summed E-state index contributed by atoms with van der Waals surface area (Å²) in [4.78, 5) is 42.4. The summed E-state index contributed by atoms with van der Waals surface area (Å²) < 4.78 is 20.5. The number of allylic oxidation sites excluding steroid dienone is 1. The van der Waals surface area contributed by atoms with E-state index in [9.17, 15) is 14.4 Å². The maximum atomic E-state index is 15.0. The predicted octanol–water partition coefficient (Wildman–Crippen LogP) is 3.48. The molecule has 0 radical (unpaired) electrons. The van der Waals surface area contributed by atoms with Crippen LogP contribution in [-0.4, -0.2) is 65.9 Å². The van der Waals surface area contributed by atoms with Crippen molar-refractivity contribution in [1.82, 2.24) is 15.1 Å². The van der Waals surface area contributed by atoms with Crippen molar-refractivity contribution in [3.8, 4) is 0 Å². The SMILES string of the molecule is C=C1CC[C@H](N2C(=O)c3cccc(NCc4ccc(CC5CC(N6CCOCC6)C5)cc4F)c3C2=O)C(=O)N1. The standard InChI is InChI=1S/C30H33FN4O4/c1-18-5-8-26(28(36)33-18)35-29(37)23-3-2-4-25(27(23)30(35)38)32-17-21-7-6-19(16-24(21)31)13-20-14-22(15-20)34-9-11-39-12-10-34/h2-4,6-7,16,20,22,26,32H,1,5,8-15,17H2,(H,33,36)/t20?,22?,26-/m0/s1. The number of anilines is 1. The molecule has 3 fully saturated rings. The summed E-state index contributed by atoms with van der Waals surface area (Å²) in [6.45, 7) is 7.55. The van der Waals surface area contributed by atoms with E-state index in [-0.39, 0.29) is 23.5 Å².